The molecular weight excluding hydrogens is 444 g/mol. The zero-order chi connectivity index (χ0) is 25.2. The highest BCUT2D eigenvalue weighted by atomic mass is 16.1. The number of rotatable bonds is 3. The number of benzene rings is 3. The molecule has 2 heterocycles. The first-order valence-corrected chi connectivity index (χ1v) is 12.6. The summed E-state index contributed by atoms with van der Waals surface area (Å²) in [5.41, 5.74) is 4.15. The summed E-state index contributed by atoms with van der Waals surface area (Å²) in [5.74, 6) is 0. The summed E-state index contributed by atoms with van der Waals surface area (Å²) in [4.78, 5) is 30.9. The summed E-state index contributed by atoms with van der Waals surface area (Å²) in [7, 11) is 2.05. The van der Waals surface area contributed by atoms with Crippen LogP contribution in [0.2, 0.25) is 0 Å². The van der Waals surface area contributed by atoms with Gasteiger partial charge in [-0.05, 0) is 53.1 Å². The second kappa shape index (κ2) is 8.06. The average Bonchev–Trinajstić information content (AvgIpc) is 3.09. The Labute approximate surface area is 210 Å². The molecule has 0 amide bonds. The van der Waals surface area contributed by atoms with E-state index in [1.807, 2.05) is 24.3 Å². The number of hydrogen-bond donors (Lipinski definition) is 0. The van der Waals surface area contributed by atoms with Crippen LogP contribution in [-0.2, 0) is 5.41 Å². The van der Waals surface area contributed by atoms with Gasteiger partial charge in [0.05, 0.1) is 22.5 Å². The average molecular weight is 475 g/mol. The van der Waals surface area contributed by atoms with E-state index in [-0.39, 0.29) is 28.4 Å². The van der Waals surface area contributed by atoms with E-state index < -0.39 is 0 Å². The summed E-state index contributed by atoms with van der Waals surface area (Å²) >= 11 is 0. The molecule has 0 radical (unpaired) electrons. The highest BCUT2D eigenvalue weighted by molar-refractivity contribution is 5.94. The summed E-state index contributed by atoms with van der Waals surface area (Å²) < 4.78 is 0. The van der Waals surface area contributed by atoms with E-state index in [0.717, 1.165) is 23.5 Å². The molecule has 6 rings (SSSR count). The Balaban J connectivity index is 1.41. The van der Waals surface area contributed by atoms with Gasteiger partial charge in [-0.3, -0.25) is 9.59 Å². The molecule has 0 spiro atoms. The van der Waals surface area contributed by atoms with Gasteiger partial charge < -0.3 is 9.80 Å². The second-order valence-corrected chi connectivity index (χ2v) is 10.5. The first-order valence-electron chi connectivity index (χ1n) is 12.6. The van der Waals surface area contributed by atoms with Gasteiger partial charge in [0.25, 0.3) is 0 Å². The van der Waals surface area contributed by atoms with Crippen molar-refractivity contribution in [2.24, 2.45) is 0 Å². The quantitative estimate of drug-likeness (QED) is 0.454. The summed E-state index contributed by atoms with van der Waals surface area (Å²) in [6.07, 6.45) is 7.88. The van der Waals surface area contributed by atoms with E-state index in [2.05, 4.69) is 98.3 Å². The van der Waals surface area contributed by atoms with E-state index in [0.29, 0.717) is 10.4 Å². The third kappa shape index (κ3) is 3.13. The first-order chi connectivity index (χ1) is 17.3. The van der Waals surface area contributed by atoms with E-state index in [9.17, 15) is 9.59 Å². The first kappa shape index (κ1) is 22.5. The zero-order valence-corrected chi connectivity index (χ0v) is 21.2. The fourth-order valence-corrected chi connectivity index (χ4v) is 6.28. The standard InChI is InChI=1S/C32H30N2O2/c1-5-34-22(16-14-21-11-7-9-13-26(21)34)18-24-30(35)25(31(24)36)19-28-32(2,3)29-23-12-8-6-10-20(23)15-17-27(29)33(28)4/h6-19,22,28H,5H2,1-4H3. The minimum atomic E-state index is -0.257. The van der Waals surface area contributed by atoms with Crippen molar-refractivity contribution in [2.75, 3.05) is 23.4 Å². The molecule has 2 aliphatic heterocycles. The number of likely N-dealkylation sites (N-methyl/N-ethyl adjacent to an activating group) is 2. The lowest BCUT2D eigenvalue weighted by molar-refractivity contribution is 0.507. The summed E-state index contributed by atoms with van der Waals surface area (Å²) in [5, 5.41) is 3.04. The molecule has 4 nitrogen and oxygen atoms in total. The molecule has 0 N–H and O–H groups in total. The number of nitrogens with zero attached hydrogens (tertiary/aromatic N) is 2. The molecule has 4 aromatic rings. The Morgan fingerprint density at radius 1 is 0.861 bits per heavy atom. The van der Waals surface area contributed by atoms with Crippen molar-refractivity contribution in [3.05, 3.63) is 109 Å². The van der Waals surface area contributed by atoms with Crippen LogP contribution >= 0.6 is 0 Å². The van der Waals surface area contributed by atoms with Crippen molar-refractivity contribution in [3.63, 3.8) is 0 Å². The molecule has 36 heavy (non-hydrogen) atoms. The maximum atomic E-state index is 13.3. The van der Waals surface area contributed by atoms with Crippen LogP contribution in [0.15, 0.2) is 76.3 Å². The van der Waals surface area contributed by atoms with Gasteiger partial charge in [-0.2, -0.15) is 0 Å². The Morgan fingerprint density at radius 3 is 2.33 bits per heavy atom. The number of fused-ring (bicyclic) bond motifs is 4. The number of anilines is 2. The molecular formula is C32H30N2O2. The van der Waals surface area contributed by atoms with Gasteiger partial charge in [-0.25, -0.2) is 0 Å². The third-order valence-electron chi connectivity index (χ3n) is 8.15. The fraction of sp³-hybridized carbons (Fsp3) is 0.250. The van der Waals surface area contributed by atoms with Crippen molar-refractivity contribution >= 4 is 40.4 Å². The summed E-state index contributed by atoms with van der Waals surface area (Å²) in [6.45, 7) is 7.29. The van der Waals surface area contributed by atoms with E-state index in [4.69, 9.17) is 0 Å². The maximum absolute atomic E-state index is 13.3. The van der Waals surface area contributed by atoms with Gasteiger partial charge >= 0.3 is 0 Å². The van der Waals surface area contributed by atoms with E-state index >= 15 is 0 Å². The van der Waals surface area contributed by atoms with Crippen molar-refractivity contribution in [1.29, 1.82) is 0 Å². The van der Waals surface area contributed by atoms with Crippen LogP contribution in [0.25, 0.3) is 29.0 Å². The molecule has 0 saturated heterocycles. The molecule has 2 atom stereocenters. The molecule has 2 unspecified atom stereocenters. The molecule has 0 fully saturated rings. The predicted octanol–water partition coefficient (Wildman–Crippen LogP) is 3.71. The highest BCUT2D eigenvalue weighted by Gasteiger charge is 2.43. The third-order valence-corrected chi connectivity index (χ3v) is 8.15. The van der Waals surface area contributed by atoms with Gasteiger partial charge in [0.15, 0.2) is 10.9 Å². The minimum Gasteiger partial charge on any atom is -0.367 e. The van der Waals surface area contributed by atoms with Gasteiger partial charge in [0, 0.05) is 30.4 Å². The molecule has 180 valence electrons. The minimum absolute atomic E-state index is 0.0867. The second-order valence-electron chi connectivity index (χ2n) is 10.5. The lowest BCUT2D eigenvalue weighted by atomic mass is 9.78. The van der Waals surface area contributed by atoms with Crippen molar-refractivity contribution < 1.29 is 0 Å². The zero-order valence-electron chi connectivity index (χ0n) is 21.2. The van der Waals surface area contributed by atoms with Crippen LogP contribution in [0.3, 0.4) is 0 Å². The van der Waals surface area contributed by atoms with Crippen molar-refractivity contribution in [3.8, 4) is 0 Å². The van der Waals surface area contributed by atoms with E-state index in [1.165, 1.54) is 16.3 Å². The Bertz CT molecular complexity index is 1700. The Kier molecular flexibility index (Phi) is 5.04. The molecule has 0 bridgehead atoms. The van der Waals surface area contributed by atoms with Gasteiger partial charge in [-0.1, -0.05) is 74.5 Å². The molecule has 0 saturated carbocycles. The topological polar surface area (TPSA) is 40.6 Å². The lowest BCUT2D eigenvalue weighted by Crippen LogP contribution is -2.66. The van der Waals surface area contributed by atoms with Crippen LogP contribution in [0.5, 0.6) is 0 Å². The van der Waals surface area contributed by atoms with Gasteiger partial charge in [0.2, 0.25) is 0 Å². The Morgan fingerprint density at radius 2 is 1.56 bits per heavy atom. The number of para-hydroxylation sites is 1. The van der Waals surface area contributed by atoms with Crippen LogP contribution < -0.4 is 31.1 Å². The maximum Gasteiger partial charge on any atom is 0.200 e. The molecule has 0 aromatic heterocycles. The monoisotopic (exact) mass is 474 g/mol. The van der Waals surface area contributed by atoms with Crippen LogP contribution in [0.4, 0.5) is 11.4 Å². The van der Waals surface area contributed by atoms with Crippen molar-refractivity contribution in [2.45, 2.75) is 38.3 Å². The fourth-order valence-electron chi connectivity index (χ4n) is 6.28. The lowest BCUT2D eigenvalue weighted by Gasteiger charge is -2.33. The van der Waals surface area contributed by atoms with Crippen LogP contribution in [0, 0.1) is 0 Å². The van der Waals surface area contributed by atoms with Crippen LogP contribution in [-0.4, -0.2) is 25.7 Å². The molecule has 2 aliphatic rings. The normalized spacial score (nSPS) is 20.0. The van der Waals surface area contributed by atoms with Gasteiger partial charge in [-0.15, -0.1) is 0 Å². The SMILES string of the molecule is CCN1c2ccccc2C=CC1C=c1c(=O)c(=CC2N(C)c3ccc4ccccc4c3C2(C)C)c1=O. The molecule has 4 heteroatoms. The Hall–Kier alpha value is -3.92. The van der Waals surface area contributed by atoms with E-state index in [1.54, 1.807) is 0 Å². The highest BCUT2D eigenvalue weighted by Crippen LogP contribution is 2.48. The summed E-state index contributed by atoms with van der Waals surface area (Å²) in [6, 6.07) is 20.7. The van der Waals surface area contributed by atoms with Crippen LogP contribution in [0.1, 0.15) is 31.9 Å². The largest absolute Gasteiger partial charge is 0.367 e. The predicted molar refractivity (Wildman–Crippen MR) is 151 cm³/mol. The molecule has 0 aliphatic carbocycles. The molecule has 4 aromatic carbocycles. The smallest absolute Gasteiger partial charge is 0.200 e. The van der Waals surface area contributed by atoms with Gasteiger partial charge in [0.1, 0.15) is 0 Å². The number of hydrogen-bond acceptors (Lipinski definition) is 4. The van der Waals surface area contributed by atoms with Crippen molar-refractivity contribution in [1.82, 2.24) is 0 Å².